The van der Waals surface area contributed by atoms with Crippen LogP contribution in [0.15, 0.2) is 16.9 Å². The van der Waals surface area contributed by atoms with E-state index in [1.807, 2.05) is 6.07 Å². The van der Waals surface area contributed by atoms with Gasteiger partial charge in [0.15, 0.2) is 0 Å². The first-order valence-electron chi connectivity index (χ1n) is 10.1. The minimum absolute atomic E-state index is 0.0236. The summed E-state index contributed by atoms with van der Waals surface area (Å²) in [5.74, 6) is -0.425. The molecule has 0 spiro atoms. The van der Waals surface area contributed by atoms with Crippen LogP contribution in [0.4, 0.5) is 8.78 Å². The maximum atomic E-state index is 13.8. The zero-order valence-electron chi connectivity index (χ0n) is 17.3. The van der Waals surface area contributed by atoms with Crippen molar-refractivity contribution in [2.45, 2.75) is 45.8 Å². The number of carbonyl (C=O) groups is 1. The van der Waals surface area contributed by atoms with Crippen molar-refractivity contribution >= 4 is 17.5 Å². The molecular formula is C22H23ClF2N2O4. The highest BCUT2D eigenvalue weighted by Gasteiger charge is 2.34. The number of amides is 1. The van der Waals surface area contributed by atoms with E-state index in [-0.39, 0.29) is 58.6 Å². The molecule has 1 saturated heterocycles. The zero-order valence-corrected chi connectivity index (χ0v) is 18.0. The van der Waals surface area contributed by atoms with E-state index < -0.39 is 12.3 Å². The molecule has 0 radical (unpaired) electrons. The van der Waals surface area contributed by atoms with Crippen molar-refractivity contribution in [1.82, 2.24) is 9.88 Å². The van der Waals surface area contributed by atoms with Crippen molar-refractivity contribution in [2.24, 2.45) is 0 Å². The number of benzene rings is 1. The second kappa shape index (κ2) is 8.59. The van der Waals surface area contributed by atoms with Gasteiger partial charge in [0.1, 0.15) is 11.9 Å². The quantitative estimate of drug-likeness (QED) is 0.745. The van der Waals surface area contributed by atoms with Crippen molar-refractivity contribution in [2.75, 3.05) is 19.8 Å². The summed E-state index contributed by atoms with van der Waals surface area (Å²) in [6.45, 7) is 4.73. The van der Waals surface area contributed by atoms with Crippen molar-refractivity contribution in [3.05, 3.63) is 61.0 Å². The Morgan fingerprint density at radius 2 is 2.10 bits per heavy atom. The molecule has 1 atom stereocenters. The summed E-state index contributed by atoms with van der Waals surface area (Å²) in [7, 11) is 0. The summed E-state index contributed by atoms with van der Waals surface area (Å²) >= 11 is 6.50. The first-order valence-corrected chi connectivity index (χ1v) is 10.5. The number of aromatic nitrogens is 1. The number of hydrogen-bond acceptors (Lipinski definition) is 4. The Morgan fingerprint density at radius 3 is 2.74 bits per heavy atom. The van der Waals surface area contributed by atoms with E-state index >= 15 is 0 Å². The van der Waals surface area contributed by atoms with E-state index in [0.29, 0.717) is 25.2 Å². The number of hydrogen-bond donors (Lipinski definition) is 1. The van der Waals surface area contributed by atoms with Gasteiger partial charge in [-0.3, -0.25) is 9.59 Å². The minimum atomic E-state index is -2.77. The highest BCUT2D eigenvalue weighted by molar-refractivity contribution is 6.35. The predicted octanol–water partition coefficient (Wildman–Crippen LogP) is 3.95. The SMILES string of the molecule is Cc1cc(C)c(CN2CCc3c(C(F)F)cc(OC4CCOC4)c(Cl)c3C2=O)c(=O)[nH]1. The number of alkyl halides is 2. The molecule has 1 N–H and O–H groups in total. The lowest BCUT2D eigenvalue weighted by Gasteiger charge is -2.31. The fourth-order valence-electron chi connectivity index (χ4n) is 4.18. The number of aryl methyl sites for hydroxylation is 2. The Balaban J connectivity index is 1.71. The van der Waals surface area contributed by atoms with E-state index in [9.17, 15) is 18.4 Å². The third-order valence-corrected chi connectivity index (χ3v) is 6.14. The Morgan fingerprint density at radius 1 is 1.32 bits per heavy atom. The first-order chi connectivity index (χ1) is 14.8. The van der Waals surface area contributed by atoms with Crippen LogP contribution in [0.5, 0.6) is 5.75 Å². The maximum Gasteiger partial charge on any atom is 0.264 e. The number of H-pyrrole nitrogens is 1. The fraction of sp³-hybridized carbons (Fsp3) is 0.455. The Hall–Kier alpha value is -2.45. The summed E-state index contributed by atoms with van der Waals surface area (Å²) in [5.41, 5.74) is 1.70. The van der Waals surface area contributed by atoms with Gasteiger partial charge in [0.25, 0.3) is 17.9 Å². The molecule has 6 nitrogen and oxygen atoms in total. The van der Waals surface area contributed by atoms with Gasteiger partial charge < -0.3 is 19.4 Å². The molecule has 1 aromatic carbocycles. The predicted molar refractivity (Wildman–Crippen MR) is 111 cm³/mol. The molecular weight excluding hydrogens is 430 g/mol. The first kappa shape index (κ1) is 21.8. The molecule has 0 bridgehead atoms. The molecule has 1 aromatic heterocycles. The lowest BCUT2D eigenvalue weighted by Crippen LogP contribution is -2.39. The number of nitrogens with one attached hydrogen (secondary N) is 1. The molecule has 0 aliphatic carbocycles. The van der Waals surface area contributed by atoms with Crippen LogP contribution in [0.3, 0.4) is 0 Å². The van der Waals surface area contributed by atoms with Crippen molar-refractivity contribution < 1.29 is 23.0 Å². The van der Waals surface area contributed by atoms with Crippen LogP contribution in [-0.2, 0) is 17.7 Å². The number of pyridine rings is 1. The van der Waals surface area contributed by atoms with Gasteiger partial charge in [0.05, 0.1) is 30.3 Å². The zero-order chi connectivity index (χ0) is 22.3. The van der Waals surface area contributed by atoms with Gasteiger partial charge >= 0.3 is 0 Å². The molecule has 1 fully saturated rings. The van der Waals surface area contributed by atoms with Crippen LogP contribution in [-0.4, -0.2) is 41.7 Å². The third-order valence-electron chi connectivity index (χ3n) is 5.76. The number of ether oxygens (including phenoxy) is 2. The smallest absolute Gasteiger partial charge is 0.264 e. The second-order valence-electron chi connectivity index (χ2n) is 7.96. The van der Waals surface area contributed by atoms with Crippen LogP contribution in [0.25, 0.3) is 0 Å². The van der Waals surface area contributed by atoms with E-state index in [0.717, 1.165) is 11.3 Å². The van der Waals surface area contributed by atoms with Gasteiger partial charge in [-0.05, 0) is 43.5 Å². The molecule has 2 aliphatic heterocycles. The molecule has 3 heterocycles. The van der Waals surface area contributed by atoms with Crippen molar-refractivity contribution in [3.63, 3.8) is 0 Å². The molecule has 31 heavy (non-hydrogen) atoms. The number of halogens is 3. The third kappa shape index (κ3) is 4.19. The Bertz CT molecular complexity index is 1080. The monoisotopic (exact) mass is 452 g/mol. The molecule has 1 amide bonds. The van der Waals surface area contributed by atoms with Crippen LogP contribution >= 0.6 is 11.6 Å². The van der Waals surface area contributed by atoms with E-state index in [1.165, 1.54) is 11.0 Å². The number of rotatable bonds is 5. The molecule has 166 valence electrons. The van der Waals surface area contributed by atoms with E-state index in [4.69, 9.17) is 21.1 Å². The average molecular weight is 453 g/mol. The molecule has 1 unspecified atom stereocenters. The molecule has 2 aromatic rings. The summed E-state index contributed by atoms with van der Waals surface area (Å²) < 4.78 is 38.7. The van der Waals surface area contributed by atoms with E-state index in [2.05, 4.69) is 4.98 Å². The molecule has 2 aliphatic rings. The number of carbonyl (C=O) groups excluding carboxylic acids is 1. The van der Waals surface area contributed by atoms with Gasteiger partial charge in [-0.15, -0.1) is 0 Å². The van der Waals surface area contributed by atoms with Crippen LogP contribution in [0, 0.1) is 13.8 Å². The highest BCUT2D eigenvalue weighted by Crippen LogP contribution is 2.41. The molecule has 9 heteroatoms. The van der Waals surface area contributed by atoms with Gasteiger partial charge in [-0.1, -0.05) is 11.6 Å². The summed E-state index contributed by atoms with van der Waals surface area (Å²) in [5, 5.41) is 0.0236. The molecule has 0 saturated carbocycles. The van der Waals surface area contributed by atoms with Gasteiger partial charge in [-0.25, -0.2) is 8.78 Å². The Labute approximate surface area is 183 Å². The minimum Gasteiger partial charge on any atom is -0.486 e. The Kier molecular flexibility index (Phi) is 6.03. The number of aromatic amines is 1. The lowest BCUT2D eigenvalue weighted by molar-refractivity contribution is 0.0722. The largest absolute Gasteiger partial charge is 0.486 e. The summed E-state index contributed by atoms with van der Waals surface area (Å²) in [6.07, 6.45) is -2.23. The maximum absolute atomic E-state index is 13.8. The normalized spacial score (nSPS) is 18.6. The number of fused-ring (bicyclic) bond motifs is 1. The summed E-state index contributed by atoms with van der Waals surface area (Å²) in [4.78, 5) is 29.9. The van der Waals surface area contributed by atoms with Crippen molar-refractivity contribution in [1.29, 1.82) is 0 Å². The molecule has 4 rings (SSSR count). The standard InChI is InChI=1S/C22H23ClF2N2O4/c1-11-7-12(2)26-21(28)16(11)9-27-5-3-14-15(20(24)25)8-17(19(23)18(14)22(27)29)31-13-4-6-30-10-13/h7-8,13,20H,3-6,9-10H2,1-2H3,(H,26,28). The average Bonchev–Trinajstić information content (AvgIpc) is 3.20. The van der Waals surface area contributed by atoms with Gasteiger partial charge in [0.2, 0.25) is 0 Å². The highest BCUT2D eigenvalue weighted by atomic mass is 35.5. The second-order valence-corrected chi connectivity index (χ2v) is 8.33. The fourth-order valence-corrected chi connectivity index (χ4v) is 4.47. The van der Waals surface area contributed by atoms with Gasteiger partial charge in [-0.2, -0.15) is 0 Å². The topological polar surface area (TPSA) is 71.6 Å². The van der Waals surface area contributed by atoms with Crippen LogP contribution < -0.4 is 10.3 Å². The van der Waals surface area contributed by atoms with Crippen molar-refractivity contribution in [3.8, 4) is 5.75 Å². The van der Waals surface area contributed by atoms with Gasteiger partial charge in [0, 0.05) is 29.8 Å². The van der Waals surface area contributed by atoms with E-state index in [1.54, 1.807) is 13.8 Å². The van der Waals surface area contributed by atoms with Crippen LogP contribution in [0.1, 0.15) is 51.2 Å². The number of nitrogens with zero attached hydrogens (tertiary/aromatic N) is 1. The lowest BCUT2D eigenvalue weighted by atomic mass is 9.92. The summed E-state index contributed by atoms with van der Waals surface area (Å²) in [6, 6.07) is 3.07. The van der Waals surface area contributed by atoms with Crippen LogP contribution in [0.2, 0.25) is 5.02 Å².